The Morgan fingerprint density at radius 2 is 2.18 bits per heavy atom. The second kappa shape index (κ2) is 4.25. The van der Waals surface area contributed by atoms with Crippen LogP contribution in [-0.2, 0) is 0 Å². The zero-order valence-corrected chi connectivity index (χ0v) is 9.56. The summed E-state index contributed by atoms with van der Waals surface area (Å²) in [5, 5.41) is 4.30. The molecule has 0 bridgehead atoms. The number of hydrogen-bond acceptors (Lipinski definition) is 5. The lowest BCUT2D eigenvalue weighted by molar-refractivity contribution is 0.406. The van der Waals surface area contributed by atoms with Crippen LogP contribution in [0.15, 0.2) is 18.5 Å². The van der Waals surface area contributed by atoms with Crippen molar-refractivity contribution in [2.75, 3.05) is 12.3 Å². The summed E-state index contributed by atoms with van der Waals surface area (Å²) < 4.78 is 0. The topological polar surface area (TPSA) is 76.7 Å². The summed E-state index contributed by atoms with van der Waals surface area (Å²) in [7, 11) is 0. The smallest absolute Gasteiger partial charge is 0.164 e. The largest absolute Gasteiger partial charge is 0.383 e. The average molecular weight is 229 g/mol. The molecule has 3 rings (SSSR count). The van der Waals surface area contributed by atoms with Gasteiger partial charge in [0.1, 0.15) is 12.1 Å². The first-order chi connectivity index (χ1) is 8.34. The number of nitrogen functional groups attached to an aromatic ring is 1. The van der Waals surface area contributed by atoms with Crippen LogP contribution < -0.4 is 11.1 Å². The summed E-state index contributed by atoms with van der Waals surface area (Å²) in [6.07, 6.45) is 5.10. The number of hydrogen-bond donors (Lipinski definition) is 2. The number of nitrogens with zero attached hydrogens (tertiary/aromatic N) is 3. The van der Waals surface area contributed by atoms with Crippen LogP contribution in [0.3, 0.4) is 0 Å². The highest BCUT2D eigenvalue weighted by atomic mass is 15.0. The summed E-state index contributed by atoms with van der Waals surface area (Å²) in [6, 6.07) is 4.33. The van der Waals surface area contributed by atoms with Crippen molar-refractivity contribution in [1.82, 2.24) is 20.3 Å². The molecule has 17 heavy (non-hydrogen) atoms. The third-order valence-corrected chi connectivity index (χ3v) is 3.22. The predicted molar refractivity (Wildman–Crippen MR) is 66.3 cm³/mol. The first-order valence-electron chi connectivity index (χ1n) is 5.95. The van der Waals surface area contributed by atoms with E-state index in [9.17, 15) is 0 Å². The molecule has 0 radical (unpaired) electrons. The van der Waals surface area contributed by atoms with E-state index in [2.05, 4.69) is 20.3 Å². The molecule has 2 aromatic heterocycles. The van der Waals surface area contributed by atoms with Gasteiger partial charge in [0.25, 0.3) is 0 Å². The summed E-state index contributed by atoms with van der Waals surface area (Å²) in [4.78, 5) is 12.7. The van der Waals surface area contributed by atoms with Crippen LogP contribution in [0.25, 0.3) is 11.0 Å². The Hall–Kier alpha value is -1.75. The third kappa shape index (κ3) is 1.93. The molecule has 0 spiro atoms. The van der Waals surface area contributed by atoms with Crippen molar-refractivity contribution in [2.24, 2.45) is 0 Å². The van der Waals surface area contributed by atoms with Crippen molar-refractivity contribution in [3.63, 3.8) is 0 Å². The molecule has 5 nitrogen and oxygen atoms in total. The van der Waals surface area contributed by atoms with Crippen LogP contribution in [0.4, 0.5) is 5.82 Å². The highest BCUT2D eigenvalue weighted by Crippen LogP contribution is 2.23. The highest BCUT2D eigenvalue weighted by Gasteiger charge is 2.16. The minimum atomic E-state index is 0.351. The van der Waals surface area contributed by atoms with Gasteiger partial charge >= 0.3 is 0 Å². The van der Waals surface area contributed by atoms with E-state index < -0.39 is 0 Å². The Morgan fingerprint density at radius 3 is 3.00 bits per heavy atom. The summed E-state index contributed by atoms with van der Waals surface area (Å²) in [5.41, 5.74) is 7.51. The fourth-order valence-corrected chi connectivity index (χ4v) is 2.28. The number of piperidine rings is 1. The van der Waals surface area contributed by atoms with E-state index in [1.54, 1.807) is 0 Å². The molecule has 2 aromatic rings. The summed E-state index contributed by atoms with van der Waals surface area (Å²) in [6.45, 7) is 1.07. The maximum absolute atomic E-state index is 5.78. The fraction of sp³-hybridized carbons (Fsp3) is 0.417. The number of nitrogens with one attached hydrogen (secondary N) is 1. The first-order valence-corrected chi connectivity index (χ1v) is 5.95. The SMILES string of the molecule is Nc1ncnc2nc([C@@H]3CCCCN3)ccc12. The lowest BCUT2D eigenvalue weighted by Gasteiger charge is -2.22. The van der Waals surface area contributed by atoms with Gasteiger partial charge in [0.15, 0.2) is 5.65 Å². The summed E-state index contributed by atoms with van der Waals surface area (Å²) >= 11 is 0. The van der Waals surface area contributed by atoms with Crippen LogP contribution in [0, 0.1) is 0 Å². The molecule has 1 atom stereocenters. The molecule has 5 heteroatoms. The zero-order valence-electron chi connectivity index (χ0n) is 9.56. The van der Waals surface area contributed by atoms with Crippen LogP contribution in [0.1, 0.15) is 31.0 Å². The van der Waals surface area contributed by atoms with Gasteiger partial charge in [-0.15, -0.1) is 0 Å². The fourth-order valence-electron chi connectivity index (χ4n) is 2.28. The molecule has 0 saturated carbocycles. The molecule has 0 unspecified atom stereocenters. The molecular weight excluding hydrogens is 214 g/mol. The number of pyridine rings is 1. The monoisotopic (exact) mass is 229 g/mol. The lowest BCUT2D eigenvalue weighted by atomic mass is 10.0. The Balaban J connectivity index is 2.01. The Labute approximate surface area is 99.5 Å². The second-order valence-corrected chi connectivity index (χ2v) is 4.37. The van der Waals surface area contributed by atoms with Crippen LogP contribution in [0.5, 0.6) is 0 Å². The molecule has 3 heterocycles. The molecule has 3 N–H and O–H groups in total. The number of aromatic nitrogens is 3. The number of nitrogens with two attached hydrogens (primary N) is 1. The van der Waals surface area contributed by atoms with Crippen molar-refractivity contribution in [1.29, 1.82) is 0 Å². The predicted octanol–water partition coefficient (Wildman–Crippen LogP) is 1.42. The van der Waals surface area contributed by atoms with Gasteiger partial charge in [0.05, 0.1) is 11.1 Å². The van der Waals surface area contributed by atoms with Crippen molar-refractivity contribution < 1.29 is 0 Å². The van der Waals surface area contributed by atoms with Crippen molar-refractivity contribution in [2.45, 2.75) is 25.3 Å². The van der Waals surface area contributed by atoms with Gasteiger partial charge in [-0.1, -0.05) is 6.42 Å². The Morgan fingerprint density at radius 1 is 1.24 bits per heavy atom. The Bertz CT molecular complexity index is 533. The van der Waals surface area contributed by atoms with E-state index >= 15 is 0 Å². The van der Waals surface area contributed by atoms with E-state index in [1.807, 2.05) is 12.1 Å². The van der Waals surface area contributed by atoms with Crippen LogP contribution in [0.2, 0.25) is 0 Å². The van der Waals surface area contributed by atoms with E-state index in [0.717, 1.165) is 24.0 Å². The third-order valence-electron chi connectivity index (χ3n) is 3.22. The Kier molecular flexibility index (Phi) is 2.60. The molecule has 0 aliphatic carbocycles. The van der Waals surface area contributed by atoms with E-state index in [0.29, 0.717) is 17.5 Å². The second-order valence-electron chi connectivity index (χ2n) is 4.37. The van der Waals surface area contributed by atoms with Gasteiger partial charge in [0, 0.05) is 6.04 Å². The maximum atomic E-state index is 5.78. The van der Waals surface area contributed by atoms with E-state index in [4.69, 9.17) is 5.73 Å². The molecule has 1 saturated heterocycles. The standard InChI is InChI=1S/C12H15N5/c13-11-8-4-5-10(9-3-1-2-6-14-9)17-12(8)16-7-15-11/h4-5,7,9,14H,1-3,6H2,(H2,13,15,16,17)/t9-/m0/s1. The van der Waals surface area contributed by atoms with Gasteiger partial charge in [-0.25, -0.2) is 15.0 Å². The maximum Gasteiger partial charge on any atom is 0.164 e. The van der Waals surface area contributed by atoms with Gasteiger partial charge in [0.2, 0.25) is 0 Å². The van der Waals surface area contributed by atoms with E-state index in [-0.39, 0.29) is 0 Å². The molecule has 0 amide bonds. The van der Waals surface area contributed by atoms with Crippen LogP contribution in [-0.4, -0.2) is 21.5 Å². The van der Waals surface area contributed by atoms with Crippen molar-refractivity contribution in [3.05, 3.63) is 24.2 Å². The minimum absolute atomic E-state index is 0.351. The first kappa shape index (κ1) is 10.4. The lowest BCUT2D eigenvalue weighted by Crippen LogP contribution is -2.27. The van der Waals surface area contributed by atoms with Gasteiger partial charge in [-0.2, -0.15) is 0 Å². The van der Waals surface area contributed by atoms with Gasteiger partial charge < -0.3 is 11.1 Å². The van der Waals surface area contributed by atoms with E-state index in [1.165, 1.54) is 19.2 Å². The molecule has 1 aliphatic heterocycles. The number of fused-ring (bicyclic) bond motifs is 1. The van der Waals surface area contributed by atoms with Crippen molar-refractivity contribution >= 4 is 16.9 Å². The minimum Gasteiger partial charge on any atom is -0.383 e. The van der Waals surface area contributed by atoms with Gasteiger partial charge in [-0.3, -0.25) is 0 Å². The molecular formula is C12H15N5. The highest BCUT2D eigenvalue weighted by molar-refractivity contribution is 5.84. The number of anilines is 1. The van der Waals surface area contributed by atoms with Crippen molar-refractivity contribution in [3.8, 4) is 0 Å². The molecule has 0 aromatic carbocycles. The average Bonchev–Trinajstić information content (AvgIpc) is 2.40. The number of rotatable bonds is 1. The van der Waals surface area contributed by atoms with Gasteiger partial charge in [-0.05, 0) is 31.5 Å². The van der Waals surface area contributed by atoms with Crippen LogP contribution >= 0.6 is 0 Å². The normalized spacial score (nSPS) is 20.6. The summed E-state index contributed by atoms with van der Waals surface area (Å²) in [5.74, 6) is 0.491. The molecule has 1 aliphatic rings. The molecule has 88 valence electrons. The molecule has 1 fully saturated rings. The quantitative estimate of drug-likeness (QED) is 0.773. The zero-order chi connectivity index (χ0) is 11.7.